The Morgan fingerprint density at radius 2 is 2.38 bits per heavy atom. The Kier molecular flexibility index (Phi) is 2.00. The number of likely N-dealkylation sites (tertiary alicyclic amines) is 1. The third kappa shape index (κ3) is 1.41. The van der Waals surface area contributed by atoms with Gasteiger partial charge in [0.15, 0.2) is 0 Å². The predicted octanol–water partition coefficient (Wildman–Crippen LogP) is 1.13. The van der Waals surface area contributed by atoms with Crippen LogP contribution in [0.5, 0.6) is 0 Å². The largest absolute Gasteiger partial charge is 0.377 e. The average molecular weight is 176 g/mol. The summed E-state index contributed by atoms with van der Waals surface area (Å²) in [6.07, 6.45) is 7.35. The molecule has 0 aliphatic carbocycles. The van der Waals surface area contributed by atoms with Gasteiger partial charge in [-0.3, -0.25) is 4.79 Å². The van der Waals surface area contributed by atoms with Gasteiger partial charge in [-0.1, -0.05) is 0 Å². The molecule has 3 nitrogen and oxygen atoms in total. The number of nitrogens with zero attached hydrogens (tertiary/aromatic N) is 2. The normalized spacial score (nSPS) is 27.5. The zero-order valence-electron chi connectivity index (χ0n) is 7.66. The Labute approximate surface area is 77.4 Å². The Balaban J connectivity index is 2.37. The number of amides is 1. The highest BCUT2D eigenvalue weighted by molar-refractivity contribution is 6.05. The van der Waals surface area contributed by atoms with E-state index in [9.17, 15) is 4.79 Å². The van der Waals surface area contributed by atoms with Gasteiger partial charge in [0, 0.05) is 25.5 Å². The van der Waals surface area contributed by atoms with E-state index < -0.39 is 0 Å². The van der Waals surface area contributed by atoms with E-state index in [0.717, 1.165) is 30.7 Å². The van der Waals surface area contributed by atoms with Gasteiger partial charge in [-0.15, -0.1) is 0 Å². The van der Waals surface area contributed by atoms with E-state index in [4.69, 9.17) is 0 Å². The molecule has 2 heterocycles. The molecule has 1 amide bonds. The maximum Gasteiger partial charge on any atom is 0.278 e. The van der Waals surface area contributed by atoms with Crippen LogP contribution in [-0.4, -0.2) is 30.6 Å². The van der Waals surface area contributed by atoms with Crippen molar-refractivity contribution < 1.29 is 4.79 Å². The highest BCUT2D eigenvalue weighted by Gasteiger charge is 2.20. The first-order valence-corrected chi connectivity index (χ1v) is 4.48. The maximum absolute atomic E-state index is 11.4. The first kappa shape index (κ1) is 8.23. The third-order valence-corrected chi connectivity index (χ3v) is 2.45. The van der Waals surface area contributed by atoms with Crippen LogP contribution in [0.3, 0.4) is 0 Å². The summed E-state index contributed by atoms with van der Waals surface area (Å²) in [6, 6.07) is 0. The van der Waals surface area contributed by atoms with Gasteiger partial charge in [0.1, 0.15) is 0 Å². The number of dihydropyridines is 1. The van der Waals surface area contributed by atoms with Gasteiger partial charge < -0.3 is 4.90 Å². The fraction of sp³-hybridized carbons (Fsp3) is 0.400. The van der Waals surface area contributed by atoms with Crippen LogP contribution in [0.15, 0.2) is 28.4 Å². The molecule has 68 valence electrons. The number of allylic oxidation sites excluding steroid dienone is 2. The molecule has 0 N–H and O–H groups in total. The van der Waals surface area contributed by atoms with Crippen LogP contribution < -0.4 is 0 Å². The van der Waals surface area contributed by atoms with Gasteiger partial charge in [-0.05, 0) is 25.0 Å². The standard InChI is InChI=1S/C10H12N2O/c1-12-7-3-5-9(12)8-4-2-6-11-10(8)13/h2,4,6H,3,5,7H2,1H3/b9-8-. The molecule has 0 aromatic carbocycles. The van der Waals surface area contributed by atoms with Crippen molar-refractivity contribution in [2.75, 3.05) is 13.6 Å². The number of carbonyl (C=O) groups excluding carboxylic acids is 1. The van der Waals surface area contributed by atoms with Crippen molar-refractivity contribution >= 4 is 12.1 Å². The Bertz CT molecular complexity index is 326. The maximum atomic E-state index is 11.4. The summed E-state index contributed by atoms with van der Waals surface area (Å²) in [5.74, 6) is -0.105. The fourth-order valence-corrected chi connectivity index (χ4v) is 1.76. The average Bonchev–Trinajstić information content (AvgIpc) is 2.52. The van der Waals surface area contributed by atoms with Crippen LogP contribution >= 0.6 is 0 Å². The summed E-state index contributed by atoms with van der Waals surface area (Å²) in [6.45, 7) is 1.05. The first-order chi connectivity index (χ1) is 6.29. The molecule has 0 radical (unpaired) electrons. The van der Waals surface area contributed by atoms with E-state index in [0.29, 0.717) is 0 Å². The minimum absolute atomic E-state index is 0.105. The molecule has 0 saturated carbocycles. The molecule has 0 atom stereocenters. The lowest BCUT2D eigenvalue weighted by atomic mass is 10.1. The molecule has 2 rings (SSSR count). The third-order valence-electron chi connectivity index (χ3n) is 2.45. The highest BCUT2D eigenvalue weighted by atomic mass is 16.1. The molecule has 1 fully saturated rings. The molecule has 13 heavy (non-hydrogen) atoms. The van der Waals surface area contributed by atoms with Crippen LogP contribution in [0.2, 0.25) is 0 Å². The van der Waals surface area contributed by atoms with Crippen LogP contribution in [0.1, 0.15) is 12.8 Å². The lowest BCUT2D eigenvalue weighted by Gasteiger charge is -2.15. The molecule has 0 bridgehead atoms. The van der Waals surface area contributed by atoms with E-state index in [-0.39, 0.29) is 5.91 Å². The summed E-state index contributed by atoms with van der Waals surface area (Å²) in [4.78, 5) is 17.3. The monoisotopic (exact) mass is 176 g/mol. The van der Waals surface area contributed by atoms with E-state index in [1.807, 2.05) is 19.2 Å². The van der Waals surface area contributed by atoms with Gasteiger partial charge in [-0.2, -0.15) is 0 Å². The lowest BCUT2D eigenvalue weighted by molar-refractivity contribution is -0.114. The Hall–Kier alpha value is -1.38. The molecule has 0 aromatic rings. The van der Waals surface area contributed by atoms with Crippen LogP contribution in [0.25, 0.3) is 0 Å². The van der Waals surface area contributed by atoms with Crippen molar-refractivity contribution in [1.82, 2.24) is 4.90 Å². The molecule has 3 heteroatoms. The Morgan fingerprint density at radius 1 is 1.54 bits per heavy atom. The summed E-state index contributed by atoms with van der Waals surface area (Å²) < 4.78 is 0. The Morgan fingerprint density at radius 3 is 3.00 bits per heavy atom. The quantitative estimate of drug-likeness (QED) is 0.518. The van der Waals surface area contributed by atoms with Crippen molar-refractivity contribution in [1.29, 1.82) is 0 Å². The van der Waals surface area contributed by atoms with E-state index >= 15 is 0 Å². The molecular weight excluding hydrogens is 164 g/mol. The zero-order chi connectivity index (χ0) is 9.26. The van der Waals surface area contributed by atoms with E-state index in [1.54, 1.807) is 6.21 Å². The zero-order valence-corrected chi connectivity index (χ0v) is 7.66. The highest BCUT2D eigenvalue weighted by Crippen LogP contribution is 2.24. The smallest absolute Gasteiger partial charge is 0.278 e. The second-order valence-electron chi connectivity index (χ2n) is 3.33. The second-order valence-corrected chi connectivity index (χ2v) is 3.33. The molecular formula is C10H12N2O. The van der Waals surface area contributed by atoms with E-state index in [2.05, 4.69) is 9.89 Å². The summed E-state index contributed by atoms with van der Waals surface area (Å²) >= 11 is 0. The molecule has 2 aliphatic heterocycles. The fourth-order valence-electron chi connectivity index (χ4n) is 1.76. The molecule has 0 aromatic heterocycles. The van der Waals surface area contributed by atoms with Gasteiger partial charge in [0.25, 0.3) is 5.91 Å². The van der Waals surface area contributed by atoms with E-state index in [1.165, 1.54) is 0 Å². The topological polar surface area (TPSA) is 32.7 Å². The number of carbonyl (C=O) groups is 1. The van der Waals surface area contributed by atoms with Gasteiger partial charge >= 0.3 is 0 Å². The van der Waals surface area contributed by atoms with Crippen molar-refractivity contribution in [3.05, 3.63) is 23.4 Å². The summed E-state index contributed by atoms with van der Waals surface area (Å²) in [5.41, 5.74) is 1.90. The van der Waals surface area contributed by atoms with Gasteiger partial charge in [0.05, 0.1) is 5.57 Å². The van der Waals surface area contributed by atoms with Crippen molar-refractivity contribution in [2.45, 2.75) is 12.8 Å². The number of hydrogen-bond acceptors (Lipinski definition) is 2. The second kappa shape index (κ2) is 3.17. The predicted molar refractivity (Wildman–Crippen MR) is 51.5 cm³/mol. The van der Waals surface area contributed by atoms with Crippen molar-refractivity contribution in [3.63, 3.8) is 0 Å². The minimum atomic E-state index is -0.105. The van der Waals surface area contributed by atoms with Crippen LogP contribution in [0.4, 0.5) is 0 Å². The van der Waals surface area contributed by atoms with Gasteiger partial charge in [-0.25, -0.2) is 4.99 Å². The molecule has 0 spiro atoms. The molecule has 0 unspecified atom stereocenters. The van der Waals surface area contributed by atoms with Crippen molar-refractivity contribution in [2.24, 2.45) is 4.99 Å². The molecule has 2 aliphatic rings. The number of hydrogen-bond donors (Lipinski definition) is 0. The first-order valence-electron chi connectivity index (χ1n) is 4.48. The van der Waals surface area contributed by atoms with Crippen LogP contribution in [0, 0.1) is 0 Å². The SMILES string of the molecule is CN1CCC/C1=C1\C=CC=NC1=O. The number of rotatable bonds is 0. The lowest BCUT2D eigenvalue weighted by Crippen LogP contribution is -2.15. The number of aliphatic imine (C=N–C) groups is 1. The molecule has 1 saturated heterocycles. The minimum Gasteiger partial charge on any atom is -0.377 e. The van der Waals surface area contributed by atoms with Crippen LogP contribution in [-0.2, 0) is 4.79 Å². The van der Waals surface area contributed by atoms with Gasteiger partial charge in [0.2, 0.25) is 0 Å². The summed E-state index contributed by atoms with van der Waals surface area (Å²) in [7, 11) is 2.02. The summed E-state index contributed by atoms with van der Waals surface area (Å²) in [5, 5.41) is 0. The van der Waals surface area contributed by atoms with Crippen molar-refractivity contribution in [3.8, 4) is 0 Å².